The van der Waals surface area contributed by atoms with E-state index in [0.29, 0.717) is 35.1 Å². The predicted octanol–water partition coefficient (Wildman–Crippen LogP) is 5.94. The van der Waals surface area contributed by atoms with Crippen LogP contribution in [0.15, 0.2) is 66.2 Å². The molecule has 0 aromatic heterocycles. The highest BCUT2D eigenvalue weighted by atomic mass is 35.5. The average molecular weight is 522 g/mol. The lowest BCUT2D eigenvalue weighted by atomic mass is 9.94. The zero-order valence-electron chi connectivity index (χ0n) is 21.1. The van der Waals surface area contributed by atoms with E-state index in [2.05, 4.69) is 0 Å². The summed E-state index contributed by atoms with van der Waals surface area (Å²) in [4.78, 5) is 28.2. The number of ether oxygens (including phenoxy) is 3. The van der Waals surface area contributed by atoms with Crippen LogP contribution in [0.5, 0.6) is 17.2 Å². The number of aryl methyl sites for hydroxylation is 1. The van der Waals surface area contributed by atoms with Gasteiger partial charge in [0.25, 0.3) is 11.7 Å². The average Bonchev–Trinajstić information content (AvgIpc) is 3.18. The highest BCUT2D eigenvalue weighted by molar-refractivity contribution is 6.51. The van der Waals surface area contributed by atoms with Gasteiger partial charge in [-0.2, -0.15) is 0 Å². The number of hydrogen-bond donors (Lipinski definition) is 1. The van der Waals surface area contributed by atoms with E-state index in [0.717, 1.165) is 12.0 Å². The third-order valence-corrected chi connectivity index (χ3v) is 6.59. The highest BCUT2D eigenvalue weighted by Crippen LogP contribution is 2.44. The number of methoxy groups -OCH3 is 2. The first kappa shape index (κ1) is 26.1. The van der Waals surface area contributed by atoms with E-state index < -0.39 is 17.7 Å². The van der Waals surface area contributed by atoms with Gasteiger partial charge < -0.3 is 19.3 Å². The number of nitrogens with zero attached hydrogens (tertiary/aromatic N) is 1. The Balaban J connectivity index is 1.95. The molecule has 1 atom stereocenters. The first-order valence-electron chi connectivity index (χ1n) is 11.9. The van der Waals surface area contributed by atoms with Crippen molar-refractivity contribution in [3.63, 3.8) is 0 Å². The molecule has 0 aliphatic carbocycles. The molecule has 3 aromatic rings. The fourth-order valence-electron chi connectivity index (χ4n) is 4.41. The summed E-state index contributed by atoms with van der Waals surface area (Å²) in [6.07, 6.45) is 0.830. The van der Waals surface area contributed by atoms with Crippen LogP contribution in [0, 0.1) is 0 Å². The highest BCUT2D eigenvalue weighted by Gasteiger charge is 2.47. The van der Waals surface area contributed by atoms with Crippen LogP contribution in [-0.4, -0.2) is 37.6 Å². The van der Waals surface area contributed by atoms with Gasteiger partial charge in [0.2, 0.25) is 0 Å². The van der Waals surface area contributed by atoms with Crippen molar-refractivity contribution in [2.75, 3.05) is 25.7 Å². The Morgan fingerprint density at radius 2 is 1.59 bits per heavy atom. The number of benzene rings is 3. The van der Waals surface area contributed by atoms with E-state index in [9.17, 15) is 14.7 Å². The van der Waals surface area contributed by atoms with Crippen molar-refractivity contribution in [1.82, 2.24) is 0 Å². The van der Waals surface area contributed by atoms with Gasteiger partial charge in [-0.15, -0.1) is 0 Å². The Kier molecular flexibility index (Phi) is 7.74. The molecule has 1 N–H and O–H groups in total. The maximum atomic E-state index is 13.4. The van der Waals surface area contributed by atoms with Crippen LogP contribution in [0.25, 0.3) is 5.76 Å². The molecule has 1 amide bonds. The second-order valence-electron chi connectivity index (χ2n) is 8.38. The van der Waals surface area contributed by atoms with Crippen LogP contribution >= 0.6 is 11.6 Å². The standard InChI is InChI=1S/C29H28ClNO6/c1-5-17-7-11-20(12-8-17)31-26(18-9-14-23(36-4)24(16-18)37-6-2)25(28(33)29(31)34)27(32)19-10-13-22(35-3)21(30)15-19/h7-16,26,32H,5-6H2,1-4H3/b27-25-. The van der Waals surface area contributed by atoms with Crippen LogP contribution < -0.4 is 19.1 Å². The fourth-order valence-corrected chi connectivity index (χ4v) is 4.67. The van der Waals surface area contributed by atoms with Crippen LogP contribution in [0.3, 0.4) is 0 Å². The Bertz CT molecular complexity index is 1370. The van der Waals surface area contributed by atoms with Crippen molar-refractivity contribution in [3.05, 3.63) is 87.9 Å². The van der Waals surface area contributed by atoms with Crippen LogP contribution in [0.4, 0.5) is 5.69 Å². The topological polar surface area (TPSA) is 85.3 Å². The monoisotopic (exact) mass is 521 g/mol. The van der Waals surface area contributed by atoms with Crippen molar-refractivity contribution in [1.29, 1.82) is 0 Å². The molecule has 4 rings (SSSR count). The minimum absolute atomic E-state index is 0.0570. The summed E-state index contributed by atoms with van der Waals surface area (Å²) in [6, 6.07) is 16.4. The van der Waals surface area contributed by atoms with E-state index in [1.54, 1.807) is 42.5 Å². The second-order valence-corrected chi connectivity index (χ2v) is 8.79. The lowest BCUT2D eigenvalue weighted by Gasteiger charge is -2.26. The number of ketones is 1. The fraction of sp³-hybridized carbons (Fsp3) is 0.241. The van der Waals surface area contributed by atoms with E-state index in [-0.39, 0.29) is 21.9 Å². The number of rotatable bonds is 8. The number of anilines is 1. The normalized spacial score (nSPS) is 16.7. The molecule has 7 nitrogen and oxygen atoms in total. The van der Waals surface area contributed by atoms with Crippen LogP contribution in [0.1, 0.15) is 36.6 Å². The zero-order chi connectivity index (χ0) is 26.7. The van der Waals surface area contributed by atoms with Crippen molar-refractivity contribution in [2.24, 2.45) is 0 Å². The number of amides is 1. The molecule has 1 saturated heterocycles. The molecular formula is C29H28ClNO6. The van der Waals surface area contributed by atoms with Gasteiger partial charge in [-0.3, -0.25) is 14.5 Å². The van der Waals surface area contributed by atoms with Crippen molar-refractivity contribution >= 4 is 34.7 Å². The quantitative estimate of drug-likeness (QED) is 0.224. The number of Topliss-reactive ketones (excluding diaryl/α,β-unsaturated/α-hetero) is 1. The van der Waals surface area contributed by atoms with E-state index in [1.807, 2.05) is 26.0 Å². The van der Waals surface area contributed by atoms with Gasteiger partial charge in [0.15, 0.2) is 11.5 Å². The molecule has 37 heavy (non-hydrogen) atoms. The summed E-state index contributed by atoms with van der Waals surface area (Å²) in [5, 5.41) is 11.6. The lowest BCUT2D eigenvalue weighted by molar-refractivity contribution is -0.132. The maximum Gasteiger partial charge on any atom is 0.300 e. The minimum atomic E-state index is -0.918. The molecule has 192 valence electrons. The van der Waals surface area contributed by atoms with Gasteiger partial charge in [0, 0.05) is 11.3 Å². The number of aliphatic hydroxyl groups excluding tert-OH is 1. The van der Waals surface area contributed by atoms with Gasteiger partial charge in [0.1, 0.15) is 11.5 Å². The summed E-state index contributed by atoms with van der Waals surface area (Å²) in [5.74, 6) is -0.497. The largest absolute Gasteiger partial charge is 0.507 e. The summed E-state index contributed by atoms with van der Waals surface area (Å²) < 4.78 is 16.4. The molecule has 0 bridgehead atoms. The molecule has 1 fully saturated rings. The molecule has 1 aliphatic heterocycles. The molecule has 0 radical (unpaired) electrons. The molecule has 1 heterocycles. The third-order valence-electron chi connectivity index (χ3n) is 6.30. The molecule has 0 saturated carbocycles. The first-order valence-corrected chi connectivity index (χ1v) is 12.3. The van der Waals surface area contributed by atoms with Gasteiger partial charge in [-0.25, -0.2) is 0 Å². The summed E-state index contributed by atoms with van der Waals surface area (Å²) in [7, 11) is 3.02. The maximum absolute atomic E-state index is 13.4. The lowest BCUT2D eigenvalue weighted by Crippen LogP contribution is -2.29. The summed E-state index contributed by atoms with van der Waals surface area (Å²) >= 11 is 6.29. The van der Waals surface area contributed by atoms with Gasteiger partial charge in [-0.05, 0) is 66.9 Å². The molecule has 8 heteroatoms. The Morgan fingerprint density at radius 1 is 0.919 bits per heavy atom. The SMILES string of the molecule is CCOc1cc(C2/C(=C(/O)c3ccc(OC)c(Cl)c3)C(=O)C(=O)N2c2ccc(CC)cc2)ccc1OC. The number of carbonyl (C=O) groups is 2. The van der Waals surface area contributed by atoms with Crippen molar-refractivity contribution in [3.8, 4) is 17.2 Å². The van der Waals surface area contributed by atoms with Gasteiger partial charge >= 0.3 is 0 Å². The molecular weight excluding hydrogens is 494 g/mol. The minimum Gasteiger partial charge on any atom is -0.507 e. The van der Waals surface area contributed by atoms with Gasteiger partial charge in [0.05, 0.1) is 37.5 Å². The van der Waals surface area contributed by atoms with Gasteiger partial charge in [-0.1, -0.05) is 36.7 Å². The molecule has 1 aliphatic rings. The smallest absolute Gasteiger partial charge is 0.300 e. The van der Waals surface area contributed by atoms with Crippen molar-refractivity contribution in [2.45, 2.75) is 26.3 Å². The van der Waals surface area contributed by atoms with E-state index in [4.69, 9.17) is 25.8 Å². The summed E-state index contributed by atoms with van der Waals surface area (Å²) in [6.45, 7) is 4.28. The number of hydrogen-bond acceptors (Lipinski definition) is 6. The number of carbonyl (C=O) groups excluding carboxylic acids is 2. The molecule has 1 unspecified atom stereocenters. The van der Waals surface area contributed by atoms with Crippen LogP contribution in [0.2, 0.25) is 5.02 Å². The van der Waals surface area contributed by atoms with Crippen LogP contribution in [-0.2, 0) is 16.0 Å². The Labute approximate surface area is 220 Å². The Hall–Kier alpha value is -3.97. The second kappa shape index (κ2) is 11.0. The zero-order valence-corrected chi connectivity index (χ0v) is 21.8. The molecule has 0 spiro atoms. The first-order chi connectivity index (χ1) is 17.8. The Morgan fingerprint density at radius 3 is 2.19 bits per heavy atom. The molecule has 3 aromatic carbocycles. The van der Waals surface area contributed by atoms with E-state index in [1.165, 1.54) is 25.2 Å². The third kappa shape index (κ3) is 4.87. The number of halogens is 1. The van der Waals surface area contributed by atoms with Crippen molar-refractivity contribution < 1.29 is 28.9 Å². The number of aliphatic hydroxyl groups is 1. The van der Waals surface area contributed by atoms with E-state index >= 15 is 0 Å². The predicted molar refractivity (Wildman–Crippen MR) is 143 cm³/mol. The summed E-state index contributed by atoms with van der Waals surface area (Å²) in [5.41, 5.74) is 2.42.